The maximum absolute atomic E-state index is 11.5. The molecule has 1 rings (SSSR count). The van der Waals surface area contributed by atoms with Gasteiger partial charge in [0, 0.05) is 15.1 Å². The largest absolute Gasteiger partial charge is 0.468 e. The van der Waals surface area contributed by atoms with E-state index in [9.17, 15) is 4.79 Å². The Morgan fingerprint density at radius 2 is 2.12 bits per heavy atom. The van der Waals surface area contributed by atoms with Crippen LogP contribution in [0.15, 0.2) is 33.6 Å². The highest BCUT2D eigenvalue weighted by atomic mass is 79.9. The molecule has 0 aliphatic rings. The normalized spacial score (nSPS) is 12.2. The Kier molecular flexibility index (Phi) is 6.62. The second-order valence-electron chi connectivity index (χ2n) is 3.40. The topological polar surface area (TPSA) is 38.3 Å². The number of likely N-dealkylation sites (N-methyl/N-ethyl adjacent to an activating group) is 1. The predicted molar refractivity (Wildman–Crippen MR) is 74.3 cm³/mol. The van der Waals surface area contributed by atoms with Crippen LogP contribution in [-0.4, -0.2) is 31.4 Å². The first kappa shape index (κ1) is 14.5. The van der Waals surface area contributed by atoms with Crippen molar-refractivity contribution in [2.45, 2.75) is 17.9 Å². The Morgan fingerprint density at radius 1 is 1.47 bits per heavy atom. The minimum absolute atomic E-state index is 0.212. The van der Waals surface area contributed by atoms with Gasteiger partial charge in [-0.25, -0.2) is 0 Å². The van der Waals surface area contributed by atoms with E-state index in [0.717, 1.165) is 15.9 Å². The van der Waals surface area contributed by atoms with Crippen molar-refractivity contribution in [2.24, 2.45) is 0 Å². The quantitative estimate of drug-likeness (QED) is 0.646. The lowest BCUT2D eigenvalue weighted by Crippen LogP contribution is -2.39. The second-order valence-corrected chi connectivity index (χ2v) is 5.41. The molecule has 3 nitrogen and oxygen atoms in total. The Bertz CT molecular complexity index is 356. The lowest BCUT2D eigenvalue weighted by molar-refractivity contribution is -0.142. The molecule has 0 aliphatic carbocycles. The number of methoxy groups -OCH3 is 1. The first-order valence-corrected chi connectivity index (χ1v) is 7.14. The SMILES string of the molecule is CCNC(CSc1ccc(Br)cc1)C(=O)OC. The van der Waals surface area contributed by atoms with E-state index in [1.807, 2.05) is 31.2 Å². The van der Waals surface area contributed by atoms with Crippen molar-refractivity contribution in [3.05, 3.63) is 28.7 Å². The van der Waals surface area contributed by atoms with E-state index in [-0.39, 0.29) is 12.0 Å². The van der Waals surface area contributed by atoms with Gasteiger partial charge in [0.15, 0.2) is 0 Å². The van der Waals surface area contributed by atoms with Crippen molar-refractivity contribution in [3.63, 3.8) is 0 Å². The molecule has 5 heteroatoms. The van der Waals surface area contributed by atoms with Crippen molar-refractivity contribution in [1.29, 1.82) is 0 Å². The number of esters is 1. The van der Waals surface area contributed by atoms with Gasteiger partial charge in [-0.1, -0.05) is 22.9 Å². The van der Waals surface area contributed by atoms with Crippen LogP contribution in [0, 0.1) is 0 Å². The van der Waals surface area contributed by atoms with Crippen LogP contribution >= 0.6 is 27.7 Å². The van der Waals surface area contributed by atoms with Gasteiger partial charge < -0.3 is 10.1 Å². The molecule has 0 radical (unpaired) electrons. The molecule has 0 aromatic heterocycles. The molecular weight excluding hydrogens is 302 g/mol. The molecule has 17 heavy (non-hydrogen) atoms. The number of hydrogen-bond donors (Lipinski definition) is 1. The van der Waals surface area contributed by atoms with E-state index in [4.69, 9.17) is 4.74 Å². The summed E-state index contributed by atoms with van der Waals surface area (Å²) < 4.78 is 5.80. The van der Waals surface area contributed by atoms with Gasteiger partial charge in [0.1, 0.15) is 6.04 Å². The van der Waals surface area contributed by atoms with E-state index >= 15 is 0 Å². The van der Waals surface area contributed by atoms with Crippen LogP contribution in [0.5, 0.6) is 0 Å². The summed E-state index contributed by atoms with van der Waals surface area (Å²) in [5.41, 5.74) is 0. The van der Waals surface area contributed by atoms with E-state index < -0.39 is 0 Å². The number of carbonyl (C=O) groups is 1. The van der Waals surface area contributed by atoms with Crippen LogP contribution in [0.25, 0.3) is 0 Å². The summed E-state index contributed by atoms with van der Waals surface area (Å²) in [5.74, 6) is 0.457. The monoisotopic (exact) mass is 317 g/mol. The Balaban J connectivity index is 2.51. The zero-order chi connectivity index (χ0) is 12.7. The fourth-order valence-corrected chi connectivity index (χ4v) is 2.52. The number of thioether (sulfide) groups is 1. The lowest BCUT2D eigenvalue weighted by Gasteiger charge is -2.14. The van der Waals surface area contributed by atoms with Gasteiger partial charge >= 0.3 is 5.97 Å². The number of carbonyl (C=O) groups excluding carboxylic acids is 1. The van der Waals surface area contributed by atoms with Crippen molar-refractivity contribution in [2.75, 3.05) is 19.4 Å². The number of halogens is 1. The average molecular weight is 318 g/mol. The van der Waals surface area contributed by atoms with E-state index in [0.29, 0.717) is 5.75 Å². The van der Waals surface area contributed by atoms with Gasteiger partial charge in [0.2, 0.25) is 0 Å². The van der Waals surface area contributed by atoms with Crippen LogP contribution in [0.1, 0.15) is 6.92 Å². The minimum atomic E-state index is -0.251. The molecule has 0 aliphatic heterocycles. The summed E-state index contributed by atoms with van der Waals surface area (Å²) in [6.07, 6.45) is 0. The molecule has 0 fully saturated rings. The van der Waals surface area contributed by atoms with Crippen LogP contribution in [0.3, 0.4) is 0 Å². The number of ether oxygens (including phenoxy) is 1. The van der Waals surface area contributed by atoms with Gasteiger partial charge in [-0.2, -0.15) is 0 Å². The van der Waals surface area contributed by atoms with Gasteiger partial charge in [-0.05, 0) is 30.8 Å². The molecular formula is C12H16BrNO2S. The maximum Gasteiger partial charge on any atom is 0.323 e. The van der Waals surface area contributed by atoms with E-state index in [2.05, 4.69) is 21.2 Å². The highest BCUT2D eigenvalue weighted by molar-refractivity contribution is 9.10. The Hall–Kier alpha value is -0.520. The highest BCUT2D eigenvalue weighted by Crippen LogP contribution is 2.21. The molecule has 0 amide bonds. The molecule has 1 aromatic carbocycles. The zero-order valence-electron chi connectivity index (χ0n) is 9.90. The molecule has 0 heterocycles. The van der Waals surface area contributed by atoms with Gasteiger partial charge in [-0.3, -0.25) is 4.79 Å². The molecule has 1 unspecified atom stereocenters. The van der Waals surface area contributed by atoms with Crippen molar-refractivity contribution < 1.29 is 9.53 Å². The third-order valence-electron chi connectivity index (χ3n) is 2.17. The summed E-state index contributed by atoms with van der Waals surface area (Å²) >= 11 is 5.03. The van der Waals surface area contributed by atoms with Crippen LogP contribution in [0.4, 0.5) is 0 Å². The molecule has 0 spiro atoms. The molecule has 0 bridgehead atoms. The summed E-state index contributed by atoms with van der Waals surface area (Å²) in [7, 11) is 1.41. The number of nitrogens with one attached hydrogen (secondary N) is 1. The number of benzene rings is 1. The van der Waals surface area contributed by atoms with Gasteiger partial charge in [-0.15, -0.1) is 11.8 Å². The summed E-state index contributed by atoms with van der Waals surface area (Å²) in [5, 5.41) is 3.11. The summed E-state index contributed by atoms with van der Waals surface area (Å²) in [6.45, 7) is 2.72. The Morgan fingerprint density at radius 3 is 2.65 bits per heavy atom. The van der Waals surface area contributed by atoms with Crippen molar-refractivity contribution in [1.82, 2.24) is 5.32 Å². The van der Waals surface area contributed by atoms with Crippen molar-refractivity contribution >= 4 is 33.7 Å². The first-order valence-electron chi connectivity index (χ1n) is 5.37. The number of rotatable bonds is 6. The molecule has 1 N–H and O–H groups in total. The minimum Gasteiger partial charge on any atom is -0.468 e. The maximum atomic E-state index is 11.5. The van der Waals surface area contributed by atoms with Crippen molar-refractivity contribution in [3.8, 4) is 0 Å². The zero-order valence-corrected chi connectivity index (χ0v) is 12.3. The molecule has 1 atom stereocenters. The average Bonchev–Trinajstić information content (AvgIpc) is 2.35. The first-order chi connectivity index (χ1) is 8.17. The molecule has 0 saturated heterocycles. The fourth-order valence-electron chi connectivity index (χ4n) is 1.31. The fraction of sp³-hybridized carbons (Fsp3) is 0.417. The summed E-state index contributed by atoms with van der Waals surface area (Å²) in [4.78, 5) is 12.6. The smallest absolute Gasteiger partial charge is 0.323 e. The van der Waals surface area contributed by atoms with Crippen LogP contribution in [0.2, 0.25) is 0 Å². The predicted octanol–water partition coefficient (Wildman–Crippen LogP) is 2.69. The van der Waals surface area contributed by atoms with Crippen LogP contribution in [-0.2, 0) is 9.53 Å². The second kappa shape index (κ2) is 7.74. The van der Waals surface area contributed by atoms with Gasteiger partial charge in [0.05, 0.1) is 7.11 Å². The summed E-state index contributed by atoms with van der Waals surface area (Å²) in [6, 6.07) is 7.77. The number of hydrogen-bond acceptors (Lipinski definition) is 4. The standard InChI is InChI=1S/C12H16BrNO2S/c1-3-14-11(12(15)16-2)8-17-10-6-4-9(13)5-7-10/h4-7,11,14H,3,8H2,1-2H3. The molecule has 94 valence electrons. The third-order valence-corrected chi connectivity index (χ3v) is 3.80. The van der Waals surface area contributed by atoms with Gasteiger partial charge in [0.25, 0.3) is 0 Å². The van der Waals surface area contributed by atoms with Crippen LogP contribution < -0.4 is 5.32 Å². The van der Waals surface area contributed by atoms with E-state index in [1.54, 1.807) is 11.8 Å². The third kappa shape index (κ3) is 5.10. The lowest BCUT2D eigenvalue weighted by atomic mass is 10.3. The molecule has 0 saturated carbocycles. The van der Waals surface area contributed by atoms with E-state index in [1.165, 1.54) is 7.11 Å². The molecule has 1 aromatic rings. The highest BCUT2D eigenvalue weighted by Gasteiger charge is 2.17. The Labute approximate surface area is 114 Å².